The summed E-state index contributed by atoms with van der Waals surface area (Å²) in [5, 5.41) is 5.99. The highest BCUT2D eigenvalue weighted by Crippen LogP contribution is 2.34. The van der Waals surface area contributed by atoms with Crippen molar-refractivity contribution in [2.24, 2.45) is 0 Å². The molecule has 0 atom stereocenters. The minimum atomic E-state index is -0.263. The molecule has 2 aromatic carbocycles. The molecule has 0 spiro atoms. The standard InChI is InChI=1S/C21H18N4O2S/c26-20(13-25-17-8-4-5-9-18(17)28-14-21(25)27)24-16-10-11-19(22-12-16)23-15-6-2-1-3-7-15/h1-12H,13-14H2,(H,22,23)(H,24,26). The van der Waals surface area contributed by atoms with E-state index in [-0.39, 0.29) is 18.4 Å². The Bertz CT molecular complexity index is 993. The Morgan fingerprint density at radius 2 is 1.79 bits per heavy atom. The zero-order chi connectivity index (χ0) is 19.3. The van der Waals surface area contributed by atoms with Gasteiger partial charge in [-0.25, -0.2) is 4.98 Å². The van der Waals surface area contributed by atoms with Crippen LogP contribution in [0.5, 0.6) is 0 Å². The number of hydrogen-bond donors (Lipinski definition) is 2. The van der Waals surface area contributed by atoms with Crippen molar-refractivity contribution in [1.82, 2.24) is 4.98 Å². The normalized spacial score (nSPS) is 13.0. The molecule has 1 aliphatic rings. The first-order valence-electron chi connectivity index (χ1n) is 8.79. The monoisotopic (exact) mass is 390 g/mol. The molecule has 3 aromatic rings. The number of thioether (sulfide) groups is 1. The summed E-state index contributed by atoms with van der Waals surface area (Å²) in [6.07, 6.45) is 1.59. The van der Waals surface area contributed by atoms with Gasteiger partial charge in [0.1, 0.15) is 12.4 Å². The molecule has 0 saturated heterocycles. The fourth-order valence-electron chi connectivity index (χ4n) is 2.88. The zero-order valence-electron chi connectivity index (χ0n) is 15.0. The molecule has 0 saturated carbocycles. The Hall–Kier alpha value is -3.32. The van der Waals surface area contributed by atoms with E-state index in [1.54, 1.807) is 18.3 Å². The molecule has 2 amide bonds. The molecular formula is C21H18N4O2S. The van der Waals surface area contributed by atoms with Crippen LogP contribution in [0.3, 0.4) is 0 Å². The molecule has 0 bridgehead atoms. The summed E-state index contributed by atoms with van der Waals surface area (Å²) in [5.41, 5.74) is 2.29. The highest BCUT2D eigenvalue weighted by atomic mass is 32.2. The van der Waals surface area contributed by atoms with E-state index in [1.807, 2.05) is 54.6 Å². The van der Waals surface area contributed by atoms with Crippen LogP contribution in [0.2, 0.25) is 0 Å². The molecule has 28 heavy (non-hydrogen) atoms. The van der Waals surface area contributed by atoms with Crippen LogP contribution in [0.25, 0.3) is 0 Å². The lowest BCUT2D eigenvalue weighted by Gasteiger charge is -2.28. The minimum absolute atomic E-state index is 0.0274. The lowest BCUT2D eigenvalue weighted by molar-refractivity contribution is -0.120. The maximum Gasteiger partial charge on any atom is 0.244 e. The van der Waals surface area contributed by atoms with Gasteiger partial charge in [-0.05, 0) is 36.4 Å². The summed E-state index contributed by atoms with van der Waals surface area (Å²) in [6.45, 7) is -0.0274. The highest BCUT2D eigenvalue weighted by Gasteiger charge is 2.26. The van der Waals surface area contributed by atoms with Crippen LogP contribution in [0.1, 0.15) is 0 Å². The maximum atomic E-state index is 12.5. The van der Waals surface area contributed by atoms with Gasteiger partial charge in [-0.3, -0.25) is 9.59 Å². The van der Waals surface area contributed by atoms with Gasteiger partial charge in [0.15, 0.2) is 0 Å². The first-order chi connectivity index (χ1) is 13.7. The maximum absolute atomic E-state index is 12.5. The van der Waals surface area contributed by atoms with Gasteiger partial charge < -0.3 is 15.5 Å². The van der Waals surface area contributed by atoms with E-state index < -0.39 is 0 Å². The molecule has 2 N–H and O–H groups in total. The number of carbonyl (C=O) groups is 2. The Kier molecular flexibility index (Phi) is 5.25. The molecule has 1 aromatic heterocycles. The van der Waals surface area contributed by atoms with E-state index in [0.717, 1.165) is 16.3 Å². The Morgan fingerprint density at radius 1 is 1.00 bits per heavy atom. The highest BCUT2D eigenvalue weighted by molar-refractivity contribution is 8.00. The first-order valence-corrected chi connectivity index (χ1v) is 9.78. The van der Waals surface area contributed by atoms with Gasteiger partial charge in [0.2, 0.25) is 11.8 Å². The van der Waals surface area contributed by atoms with Crippen molar-refractivity contribution in [2.75, 3.05) is 27.8 Å². The van der Waals surface area contributed by atoms with Crippen LogP contribution in [0.15, 0.2) is 77.8 Å². The van der Waals surface area contributed by atoms with Gasteiger partial charge in [-0.2, -0.15) is 0 Å². The third-order valence-corrected chi connectivity index (χ3v) is 5.25. The van der Waals surface area contributed by atoms with Crippen LogP contribution in [0.4, 0.5) is 22.9 Å². The SMILES string of the molecule is O=C(CN1C(=O)CSc2ccccc21)Nc1ccc(Nc2ccccc2)nc1. The van der Waals surface area contributed by atoms with Gasteiger partial charge in [-0.1, -0.05) is 30.3 Å². The van der Waals surface area contributed by atoms with Crippen molar-refractivity contribution >= 4 is 46.5 Å². The van der Waals surface area contributed by atoms with Crippen molar-refractivity contribution in [3.8, 4) is 0 Å². The topological polar surface area (TPSA) is 74.3 Å². The van der Waals surface area contributed by atoms with Gasteiger partial charge in [0.25, 0.3) is 0 Å². The number of rotatable bonds is 5. The van der Waals surface area contributed by atoms with E-state index in [9.17, 15) is 9.59 Å². The number of amides is 2. The number of para-hydroxylation sites is 2. The number of hydrogen-bond acceptors (Lipinski definition) is 5. The molecule has 7 heteroatoms. The Labute approximate surface area is 167 Å². The molecule has 6 nitrogen and oxygen atoms in total. The van der Waals surface area contributed by atoms with E-state index in [1.165, 1.54) is 16.7 Å². The van der Waals surface area contributed by atoms with Gasteiger partial charge in [0.05, 0.1) is 23.3 Å². The summed E-state index contributed by atoms with van der Waals surface area (Å²) in [5.74, 6) is 0.687. The van der Waals surface area contributed by atoms with Crippen LogP contribution >= 0.6 is 11.8 Å². The molecule has 0 unspecified atom stereocenters. The summed E-state index contributed by atoms with van der Waals surface area (Å²) in [6, 6.07) is 20.9. The van der Waals surface area contributed by atoms with Crippen molar-refractivity contribution in [1.29, 1.82) is 0 Å². The average molecular weight is 390 g/mol. The predicted molar refractivity (Wildman–Crippen MR) is 112 cm³/mol. The molecule has 4 rings (SSSR count). The van der Waals surface area contributed by atoms with E-state index in [0.29, 0.717) is 17.3 Å². The molecule has 0 aliphatic carbocycles. The molecular weight excluding hydrogens is 372 g/mol. The fourth-order valence-corrected chi connectivity index (χ4v) is 3.82. The van der Waals surface area contributed by atoms with E-state index in [4.69, 9.17) is 0 Å². The second-order valence-corrected chi connectivity index (χ2v) is 7.22. The zero-order valence-corrected chi connectivity index (χ0v) is 15.8. The van der Waals surface area contributed by atoms with Gasteiger partial charge in [0, 0.05) is 10.6 Å². The number of nitrogens with one attached hydrogen (secondary N) is 2. The van der Waals surface area contributed by atoms with Crippen molar-refractivity contribution < 1.29 is 9.59 Å². The smallest absolute Gasteiger partial charge is 0.244 e. The lowest BCUT2D eigenvalue weighted by atomic mass is 10.2. The molecule has 0 radical (unpaired) electrons. The summed E-state index contributed by atoms with van der Waals surface area (Å²) in [4.78, 5) is 31.6. The Balaban J connectivity index is 1.39. The molecule has 1 aliphatic heterocycles. The number of fused-ring (bicyclic) bond motifs is 1. The second kappa shape index (κ2) is 8.14. The van der Waals surface area contributed by atoms with Crippen molar-refractivity contribution in [3.05, 3.63) is 72.9 Å². The quantitative estimate of drug-likeness (QED) is 0.691. The first kappa shape index (κ1) is 18.1. The van der Waals surface area contributed by atoms with Gasteiger partial charge in [-0.15, -0.1) is 11.8 Å². The number of carbonyl (C=O) groups excluding carboxylic acids is 2. The Morgan fingerprint density at radius 3 is 2.57 bits per heavy atom. The van der Waals surface area contributed by atoms with Crippen molar-refractivity contribution in [3.63, 3.8) is 0 Å². The molecule has 140 valence electrons. The number of anilines is 4. The molecule has 2 heterocycles. The predicted octanol–water partition coefficient (Wildman–Crippen LogP) is 3.90. The fraction of sp³-hybridized carbons (Fsp3) is 0.0952. The summed E-state index contributed by atoms with van der Waals surface area (Å²) < 4.78 is 0. The van der Waals surface area contributed by atoms with E-state index in [2.05, 4.69) is 15.6 Å². The third-order valence-electron chi connectivity index (χ3n) is 4.20. The largest absolute Gasteiger partial charge is 0.340 e. The van der Waals surface area contributed by atoms with Crippen molar-refractivity contribution in [2.45, 2.75) is 4.90 Å². The molecule has 0 fully saturated rings. The van der Waals surface area contributed by atoms with E-state index >= 15 is 0 Å². The third kappa shape index (κ3) is 4.15. The number of aromatic nitrogens is 1. The van der Waals surface area contributed by atoms with Crippen LogP contribution < -0.4 is 15.5 Å². The van der Waals surface area contributed by atoms with Crippen LogP contribution in [-0.2, 0) is 9.59 Å². The summed E-state index contributed by atoms with van der Waals surface area (Å²) in [7, 11) is 0. The van der Waals surface area contributed by atoms with Crippen LogP contribution in [-0.4, -0.2) is 29.1 Å². The number of pyridine rings is 1. The average Bonchev–Trinajstić information content (AvgIpc) is 2.72. The number of nitrogens with zero attached hydrogens (tertiary/aromatic N) is 2. The minimum Gasteiger partial charge on any atom is -0.340 e. The second-order valence-electron chi connectivity index (χ2n) is 6.21. The van der Waals surface area contributed by atoms with Gasteiger partial charge >= 0.3 is 0 Å². The summed E-state index contributed by atoms with van der Waals surface area (Å²) >= 11 is 1.49. The van der Waals surface area contributed by atoms with Crippen LogP contribution in [0, 0.1) is 0 Å². The lowest BCUT2D eigenvalue weighted by Crippen LogP contribution is -2.41. The number of benzene rings is 2.